The molecule has 0 radical (unpaired) electrons. The molecule has 0 atom stereocenters. The molecular weight excluding hydrogens is 361 g/mol. The summed E-state index contributed by atoms with van der Waals surface area (Å²) in [6.07, 6.45) is 0. The first-order valence-electron chi connectivity index (χ1n) is 5.98. The minimum Gasteiger partial charge on any atom is -0.462 e. The molecule has 2 N–H and O–H groups in total. The Balaban J connectivity index is 4.77. The van der Waals surface area contributed by atoms with E-state index in [1.54, 1.807) is 6.92 Å². The highest BCUT2D eigenvalue weighted by Gasteiger charge is 2.37. The van der Waals surface area contributed by atoms with Gasteiger partial charge >= 0.3 is 5.97 Å². The topological polar surface area (TPSA) is 61.5 Å². The van der Waals surface area contributed by atoms with Crippen LogP contribution in [0.1, 0.15) is 27.7 Å². The van der Waals surface area contributed by atoms with Gasteiger partial charge < -0.3 is 14.9 Å². The Kier molecular flexibility index (Phi) is 6.87. The van der Waals surface area contributed by atoms with Gasteiger partial charge in [0.25, 0.3) is 0 Å². The van der Waals surface area contributed by atoms with E-state index in [-0.39, 0.29) is 17.6 Å². The van der Waals surface area contributed by atoms with Gasteiger partial charge in [0.05, 0.1) is 22.5 Å². The second-order valence-corrected chi connectivity index (χ2v) is 11.6. The molecule has 0 unspecified atom stereocenters. The molecule has 0 saturated carbocycles. The Morgan fingerprint density at radius 1 is 1.33 bits per heavy atom. The lowest BCUT2D eigenvalue weighted by Gasteiger charge is -2.36. The van der Waals surface area contributed by atoms with Gasteiger partial charge in [0, 0.05) is 0 Å². The van der Waals surface area contributed by atoms with Crippen molar-refractivity contribution < 1.29 is 14.0 Å². The molecule has 0 aromatic rings. The number of ether oxygens (including phenoxy) is 1. The van der Waals surface area contributed by atoms with Crippen LogP contribution in [-0.2, 0) is 14.0 Å². The molecule has 0 saturated heterocycles. The Morgan fingerprint density at radius 3 is 2.17 bits per heavy atom. The van der Waals surface area contributed by atoms with Gasteiger partial charge in [-0.15, -0.1) is 0 Å². The first-order valence-corrected chi connectivity index (χ1v) is 9.97. The zero-order valence-electron chi connectivity index (χ0n) is 12.1. The molecule has 6 heteroatoms. The number of hydrogen-bond donors (Lipinski definition) is 1. The zero-order valence-corrected chi connectivity index (χ0v) is 15.3. The minimum absolute atomic E-state index is 0.104. The molecule has 0 aliphatic carbocycles. The van der Waals surface area contributed by atoms with Crippen LogP contribution in [0.4, 0.5) is 0 Å². The van der Waals surface area contributed by atoms with Crippen LogP contribution in [0, 0.1) is 0 Å². The molecule has 0 spiro atoms. The third kappa shape index (κ3) is 5.27. The van der Waals surface area contributed by atoms with E-state index in [0.717, 1.165) is 0 Å². The fourth-order valence-electron chi connectivity index (χ4n) is 0.913. The predicted molar refractivity (Wildman–Crippen MR) is 85.0 cm³/mol. The van der Waals surface area contributed by atoms with Gasteiger partial charge in [-0.25, -0.2) is 4.79 Å². The van der Waals surface area contributed by atoms with Crippen LogP contribution in [0.15, 0.2) is 9.28 Å². The number of nitrogens with two attached hydrogens (primary N) is 1. The molecule has 0 fully saturated rings. The van der Waals surface area contributed by atoms with Crippen molar-refractivity contribution in [2.75, 3.05) is 13.2 Å². The van der Waals surface area contributed by atoms with Gasteiger partial charge in [-0.1, -0.05) is 20.8 Å². The highest BCUT2D eigenvalue weighted by molar-refractivity contribution is 14.1. The SMILES string of the molecule is CCOC(=O)/C(CO[Si](C)(C)C(C)(C)C)=C(/N)I. The van der Waals surface area contributed by atoms with Gasteiger partial charge in [0.15, 0.2) is 8.32 Å². The summed E-state index contributed by atoms with van der Waals surface area (Å²) in [5.74, 6) is -0.386. The monoisotopic (exact) mass is 385 g/mol. The van der Waals surface area contributed by atoms with E-state index < -0.39 is 8.32 Å². The largest absolute Gasteiger partial charge is 0.462 e. The van der Waals surface area contributed by atoms with Crippen LogP contribution in [0.5, 0.6) is 0 Å². The maximum absolute atomic E-state index is 11.7. The maximum atomic E-state index is 11.7. The number of hydrogen-bond acceptors (Lipinski definition) is 4. The van der Waals surface area contributed by atoms with Crippen LogP contribution in [0.25, 0.3) is 0 Å². The summed E-state index contributed by atoms with van der Waals surface area (Å²) in [5.41, 5.74) is 6.13. The maximum Gasteiger partial charge on any atom is 0.338 e. The normalized spacial score (nSPS) is 14.2. The third-order valence-electron chi connectivity index (χ3n) is 3.19. The van der Waals surface area contributed by atoms with Crippen LogP contribution < -0.4 is 5.73 Å². The molecule has 106 valence electrons. The number of rotatable bonds is 5. The van der Waals surface area contributed by atoms with Crippen molar-refractivity contribution in [3.8, 4) is 0 Å². The van der Waals surface area contributed by atoms with Crippen LogP contribution >= 0.6 is 22.6 Å². The van der Waals surface area contributed by atoms with Crippen LogP contribution in [0.3, 0.4) is 0 Å². The quantitative estimate of drug-likeness (QED) is 0.260. The minimum atomic E-state index is -1.88. The summed E-state index contributed by atoms with van der Waals surface area (Å²) in [6, 6.07) is 0. The fourth-order valence-corrected chi connectivity index (χ4v) is 2.23. The van der Waals surface area contributed by atoms with Gasteiger partial charge in [0.1, 0.15) is 0 Å². The molecular formula is C12H24INO3Si. The Labute approximate surface area is 125 Å². The molecule has 0 rings (SSSR count). The smallest absolute Gasteiger partial charge is 0.338 e. The lowest BCUT2D eigenvalue weighted by Crippen LogP contribution is -2.41. The molecule has 0 aromatic carbocycles. The number of esters is 1. The summed E-state index contributed by atoms with van der Waals surface area (Å²) in [5, 5.41) is 0.104. The predicted octanol–water partition coefficient (Wildman–Crippen LogP) is 3.18. The Hall–Kier alpha value is -0.0831. The van der Waals surface area contributed by atoms with Crippen molar-refractivity contribution in [3.63, 3.8) is 0 Å². The Bertz CT molecular complexity index is 331. The van der Waals surface area contributed by atoms with Crippen LogP contribution in [-0.4, -0.2) is 27.5 Å². The second-order valence-electron chi connectivity index (χ2n) is 5.60. The van der Waals surface area contributed by atoms with Gasteiger partial charge in [0.2, 0.25) is 0 Å². The summed E-state index contributed by atoms with van der Waals surface area (Å²) >= 11 is 1.92. The Morgan fingerprint density at radius 2 is 1.83 bits per heavy atom. The lowest BCUT2D eigenvalue weighted by atomic mass is 10.2. The van der Waals surface area contributed by atoms with Gasteiger partial charge in [-0.3, -0.25) is 0 Å². The van der Waals surface area contributed by atoms with E-state index in [9.17, 15) is 4.79 Å². The first-order chi connectivity index (χ1) is 8.03. The van der Waals surface area contributed by atoms with Crippen molar-refractivity contribution in [2.45, 2.75) is 45.8 Å². The number of carbonyl (C=O) groups excluding carboxylic acids is 1. The van der Waals surface area contributed by atoms with Crippen molar-refractivity contribution in [1.82, 2.24) is 0 Å². The van der Waals surface area contributed by atoms with E-state index in [4.69, 9.17) is 14.9 Å². The second kappa shape index (κ2) is 6.90. The molecule has 18 heavy (non-hydrogen) atoms. The molecule has 0 heterocycles. The fraction of sp³-hybridized carbons (Fsp3) is 0.750. The molecule has 0 aliphatic heterocycles. The van der Waals surface area contributed by atoms with E-state index in [1.165, 1.54) is 0 Å². The van der Waals surface area contributed by atoms with E-state index >= 15 is 0 Å². The molecule has 0 amide bonds. The van der Waals surface area contributed by atoms with E-state index in [2.05, 4.69) is 33.9 Å². The molecule has 0 aromatic heterocycles. The van der Waals surface area contributed by atoms with Gasteiger partial charge in [-0.2, -0.15) is 0 Å². The standard InChI is InChI=1S/C12H24INO3Si/c1-7-16-11(15)9(10(13)14)8-17-18(5,6)12(2,3)4/h7-8,14H2,1-6H3/b10-9+. The molecule has 0 aliphatic rings. The molecule has 0 bridgehead atoms. The highest BCUT2D eigenvalue weighted by Crippen LogP contribution is 2.36. The molecule has 4 nitrogen and oxygen atoms in total. The van der Waals surface area contributed by atoms with E-state index in [0.29, 0.717) is 15.9 Å². The van der Waals surface area contributed by atoms with Crippen molar-refractivity contribution in [1.29, 1.82) is 0 Å². The van der Waals surface area contributed by atoms with Crippen molar-refractivity contribution in [3.05, 3.63) is 9.28 Å². The summed E-state index contributed by atoms with van der Waals surface area (Å²) in [4.78, 5) is 11.7. The lowest BCUT2D eigenvalue weighted by molar-refractivity contribution is -0.138. The first kappa shape index (κ1) is 17.9. The highest BCUT2D eigenvalue weighted by atomic mass is 127. The summed E-state index contributed by atoms with van der Waals surface area (Å²) < 4.78 is 11.4. The van der Waals surface area contributed by atoms with Gasteiger partial charge in [-0.05, 0) is 47.6 Å². The summed E-state index contributed by atoms with van der Waals surface area (Å²) in [7, 11) is -1.88. The average Bonchev–Trinajstić information content (AvgIpc) is 2.15. The zero-order chi connectivity index (χ0) is 14.6. The number of carbonyl (C=O) groups is 1. The average molecular weight is 385 g/mol. The van der Waals surface area contributed by atoms with E-state index in [1.807, 2.05) is 22.6 Å². The third-order valence-corrected chi connectivity index (χ3v) is 8.32. The van der Waals surface area contributed by atoms with Crippen molar-refractivity contribution >= 4 is 36.9 Å². The van der Waals surface area contributed by atoms with Crippen LogP contribution in [0.2, 0.25) is 18.1 Å². The summed E-state index contributed by atoms with van der Waals surface area (Å²) in [6.45, 7) is 13.1. The number of halogens is 1. The van der Waals surface area contributed by atoms with Crippen molar-refractivity contribution in [2.24, 2.45) is 5.73 Å².